The highest BCUT2D eigenvalue weighted by atomic mass is 32.2. The van der Waals surface area contributed by atoms with Crippen LogP contribution in [0.3, 0.4) is 0 Å². The number of carbonyl (C=O) groups is 2. The highest BCUT2D eigenvalue weighted by Crippen LogP contribution is 2.34. The number of sulfonamides is 1. The molecule has 0 spiro atoms. The number of aliphatic hydroxyl groups is 1. The molecule has 0 fully saturated rings. The standard InChI is InChI=1S/C24H29N3O7S/c1-15-6-8-16(9-7-15)22-21(23(31)25-2)18-13-17(10-12-28)19(27-24(18)34-22)14-35(32,33)26-11-4-3-5-20(29)30/h6-9,13,26,28H,3-5,10-12,14H2,1-2H3,(H,25,31)(H,29,30). The van der Waals surface area contributed by atoms with Gasteiger partial charge in [-0.05, 0) is 37.8 Å². The molecule has 0 aliphatic heterocycles. The zero-order valence-electron chi connectivity index (χ0n) is 19.6. The quantitative estimate of drug-likeness (QED) is 0.274. The number of hydrogen-bond acceptors (Lipinski definition) is 7. The Morgan fingerprint density at radius 3 is 2.49 bits per heavy atom. The Balaban J connectivity index is 1.98. The van der Waals surface area contributed by atoms with Crippen LogP contribution in [-0.4, -0.2) is 55.7 Å². The fourth-order valence-electron chi connectivity index (χ4n) is 3.68. The monoisotopic (exact) mass is 503 g/mol. The number of amides is 1. The first kappa shape index (κ1) is 26.3. The van der Waals surface area contributed by atoms with Gasteiger partial charge in [-0.25, -0.2) is 18.1 Å². The first-order valence-corrected chi connectivity index (χ1v) is 12.8. The van der Waals surface area contributed by atoms with Crippen LogP contribution >= 0.6 is 0 Å². The number of carboxylic acids is 1. The van der Waals surface area contributed by atoms with Crippen LogP contribution in [0, 0.1) is 6.92 Å². The number of aromatic nitrogens is 1. The smallest absolute Gasteiger partial charge is 0.303 e. The molecule has 0 aliphatic rings. The van der Waals surface area contributed by atoms with E-state index in [0.717, 1.165) is 5.56 Å². The molecular weight excluding hydrogens is 474 g/mol. The molecule has 0 saturated carbocycles. The maximum atomic E-state index is 12.8. The Hall–Kier alpha value is -3.28. The van der Waals surface area contributed by atoms with Gasteiger partial charge in [-0.2, -0.15) is 0 Å². The second-order valence-corrected chi connectivity index (χ2v) is 9.98. The minimum atomic E-state index is -3.79. The fraction of sp³-hybridized carbons (Fsp3) is 0.375. The Morgan fingerprint density at radius 1 is 1.14 bits per heavy atom. The van der Waals surface area contributed by atoms with Crippen molar-refractivity contribution in [3.8, 4) is 11.3 Å². The molecule has 1 aromatic carbocycles. The average molecular weight is 504 g/mol. The van der Waals surface area contributed by atoms with E-state index in [4.69, 9.17) is 9.52 Å². The Kier molecular flexibility index (Phi) is 8.60. The largest absolute Gasteiger partial charge is 0.481 e. The Labute approximate surface area is 203 Å². The van der Waals surface area contributed by atoms with Crippen molar-refractivity contribution >= 4 is 33.0 Å². The summed E-state index contributed by atoms with van der Waals surface area (Å²) in [5.74, 6) is -1.44. The first-order valence-electron chi connectivity index (χ1n) is 11.2. The molecule has 3 aromatic rings. The third kappa shape index (κ3) is 6.65. The van der Waals surface area contributed by atoms with E-state index in [1.807, 2.05) is 31.2 Å². The number of fused-ring (bicyclic) bond motifs is 1. The number of nitrogens with zero attached hydrogens (tertiary/aromatic N) is 1. The summed E-state index contributed by atoms with van der Waals surface area (Å²) in [6.45, 7) is 1.81. The van der Waals surface area contributed by atoms with Crippen LogP contribution in [0.4, 0.5) is 0 Å². The number of aryl methyl sites for hydroxylation is 1. The van der Waals surface area contributed by atoms with Crippen LogP contribution in [0.5, 0.6) is 0 Å². The van der Waals surface area contributed by atoms with Gasteiger partial charge in [0.2, 0.25) is 15.7 Å². The predicted octanol–water partition coefficient (Wildman–Crippen LogP) is 2.37. The van der Waals surface area contributed by atoms with Gasteiger partial charge in [-0.15, -0.1) is 0 Å². The molecule has 0 bridgehead atoms. The number of pyridine rings is 1. The minimum absolute atomic E-state index is 0.0317. The summed E-state index contributed by atoms with van der Waals surface area (Å²) in [7, 11) is -2.28. The number of carbonyl (C=O) groups excluding carboxylic acids is 1. The lowest BCUT2D eigenvalue weighted by Crippen LogP contribution is -2.27. The third-order valence-electron chi connectivity index (χ3n) is 5.47. The van der Waals surface area contributed by atoms with E-state index in [1.54, 1.807) is 6.07 Å². The predicted molar refractivity (Wildman–Crippen MR) is 130 cm³/mol. The summed E-state index contributed by atoms with van der Waals surface area (Å²) in [5.41, 5.74) is 2.80. The van der Waals surface area contributed by atoms with E-state index in [2.05, 4.69) is 15.0 Å². The van der Waals surface area contributed by atoms with Gasteiger partial charge >= 0.3 is 5.97 Å². The van der Waals surface area contributed by atoms with Gasteiger partial charge in [0, 0.05) is 32.2 Å². The van der Waals surface area contributed by atoms with Crippen molar-refractivity contribution in [1.29, 1.82) is 0 Å². The van der Waals surface area contributed by atoms with Gasteiger partial charge in [0.05, 0.1) is 16.6 Å². The molecule has 188 valence electrons. The minimum Gasteiger partial charge on any atom is -0.481 e. The molecule has 2 heterocycles. The second kappa shape index (κ2) is 11.4. The number of furan rings is 1. The van der Waals surface area contributed by atoms with Crippen LogP contribution < -0.4 is 10.0 Å². The highest BCUT2D eigenvalue weighted by molar-refractivity contribution is 7.88. The number of aliphatic hydroxyl groups excluding tert-OH is 1. The number of rotatable bonds is 12. The summed E-state index contributed by atoms with van der Waals surface area (Å²) in [6.07, 6.45) is 0.851. The van der Waals surface area contributed by atoms with E-state index >= 15 is 0 Å². The van der Waals surface area contributed by atoms with Gasteiger partial charge in [0.15, 0.2) is 0 Å². The summed E-state index contributed by atoms with van der Waals surface area (Å²) in [6, 6.07) is 9.07. The van der Waals surface area contributed by atoms with Crippen LogP contribution in [0.25, 0.3) is 22.4 Å². The van der Waals surface area contributed by atoms with Gasteiger partial charge in [-0.3, -0.25) is 9.59 Å². The molecular formula is C24H29N3O7S. The third-order valence-corrected chi connectivity index (χ3v) is 6.76. The molecule has 0 radical (unpaired) electrons. The van der Waals surface area contributed by atoms with Crippen LogP contribution in [0.1, 0.15) is 46.4 Å². The molecule has 0 saturated heterocycles. The van der Waals surface area contributed by atoms with Crippen LogP contribution in [0.15, 0.2) is 34.7 Å². The Morgan fingerprint density at radius 2 is 1.86 bits per heavy atom. The fourth-order valence-corrected chi connectivity index (χ4v) is 4.85. The first-order chi connectivity index (χ1) is 16.6. The van der Waals surface area contributed by atoms with Crippen molar-refractivity contribution in [2.24, 2.45) is 0 Å². The molecule has 11 heteroatoms. The summed E-state index contributed by atoms with van der Waals surface area (Å²) in [4.78, 5) is 27.8. The lowest BCUT2D eigenvalue weighted by Gasteiger charge is -2.10. The molecule has 0 aliphatic carbocycles. The van der Waals surface area contributed by atoms with Crippen molar-refractivity contribution in [3.63, 3.8) is 0 Å². The summed E-state index contributed by atoms with van der Waals surface area (Å²) >= 11 is 0. The van der Waals surface area contributed by atoms with Gasteiger partial charge in [0.25, 0.3) is 5.91 Å². The number of carboxylic acid groups (broad SMARTS) is 1. The molecule has 0 unspecified atom stereocenters. The molecule has 0 atom stereocenters. The van der Waals surface area contributed by atoms with Gasteiger partial charge < -0.3 is 19.9 Å². The number of hydrogen-bond donors (Lipinski definition) is 4. The van der Waals surface area contributed by atoms with E-state index in [-0.39, 0.29) is 48.9 Å². The Bertz CT molecular complexity index is 1320. The van der Waals surface area contributed by atoms with Crippen molar-refractivity contribution < 1.29 is 32.6 Å². The van der Waals surface area contributed by atoms with E-state index in [0.29, 0.717) is 35.1 Å². The zero-order valence-corrected chi connectivity index (χ0v) is 20.4. The van der Waals surface area contributed by atoms with E-state index in [9.17, 15) is 23.1 Å². The molecule has 35 heavy (non-hydrogen) atoms. The molecule has 10 nitrogen and oxygen atoms in total. The van der Waals surface area contributed by atoms with Gasteiger partial charge in [0.1, 0.15) is 11.5 Å². The lowest BCUT2D eigenvalue weighted by atomic mass is 10.0. The zero-order chi connectivity index (χ0) is 25.6. The van der Waals surface area contributed by atoms with Gasteiger partial charge in [-0.1, -0.05) is 29.8 Å². The molecule has 3 rings (SSSR count). The summed E-state index contributed by atoms with van der Waals surface area (Å²) < 4.78 is 33.7. The van der Waals surface area contributed by atoms with Crippen molar-refractivity contribution in [2.45, 2.75) is 38.4 Å². The highest BCUT2D eigenvalue weighted by Gasteiger charge is 2.25. The number of nitrogens with one attached hydrogen (secondary N) is 2. The normalized spacial score (nSPS) is 11.6. The van der Waals surface area contributed by atoms with E-state index < -0.39 is 21.7 Å². The number of unbranched alkanes of at least 4 members (excludes halogenated alkanes) is 1. The summed E-state index contributed by atoms with van der Waals surface area (Å²) in [5, 5.41) is 21.3. The maximum absolute atomic E-state index is 12.8. The second-order valence-electron chi connectivity index (χ2n) is 8.18. The number of benzene rings is 1. The number of aliphatic carboxylic acids is 1. The van der Waals surface area contributed by atoms with Crippen molar-refractivity contribution in [2.75, 3.05) is 20.2 Å². The lowest BCUT2D eigenvalue weighted by molar-refractivity contribution is -0.137. The van der Waals surface area contributed by atoms with E-state index in [1.165, 1.54) is 7.05 Å². The average Bonchev–Trinajstić information content (AvgIpc) is 3.16. The van der Waals surface area contributed by atoms with Crippen LogP contribution in [0.2, 0.25) is 0 Å². The molecule has 2 aromatic heterocycles. The SMILES string of the molecule is CNC(=O)c1c(-c2ccc(C)cc2)oc2nc(CS(=O)(=O)NCCCCC(=O)O)c(CCO)cc12. The molecule has 4 N–H and O–H groups in total. The van der Waals surface area contributed by atoms with Crippen molar-refractivity contribution in [1.82, 2.24) is 15.0 Å². The molecule has 1 amide bonds. The van der Waals surface area contributed by atoms with Crippen LogP contribution in [-0.2, 0) is 27.0 Å². The topological polar surface area (TPSA) is 159 Å². The maximum Gasteiger partial charge on any atom is 0.303 e. The van der Waals surface area contributed by atoms with Crippen molar-refractivity contribution in [3.05, 3.63) is 52.7 Å².